The molecule has 1 aliphatic carbocycles. The Morgan fingerprint density at radius 1 is 1.23 bits per heavy atom. The number of hydrogen-bond acceptors (Lipinski definition) is 5. The third kappa shape index (κ3) is 3.53. The van der Waals surface area contributed by atoms with Crippen molar-refractivity contribution in [2.75, 3.05) is 13.2 Å². The molecule has 5 N–H and O–H groups in total. The van der Waals surface area contributed by atoms with Gasteiger partial charge >= 0.3 is 0 Å². The van der Waals surface area contributed by atoms with Crippen LogP contribution in [0.5, 0.6) is 5.75 Å². The van der Waals surface area contributed by atoms with E-state index in [1.165, 1.54) is 12.1 Å². The van der Waals surface area contributed by atoms with Crippen LogP contribution in [0.3, 0.4) is 0 Å². The number of benzene rings is 2. The highest BCUT2D eigenvalue weighted by atomic mass is 19.1. The fraction of sp³-hybridized carbons (Fsp3) is 0.348. The zero-order chi connectivity index (χ0) is 21.5. The van der Waals surface area contributed by atoms with Gasteiger partial charge in [0.2, 0.25) is 0 Å². The molecule has 0 amide bonds. The third-order valence-corrected chi connectivity index (χ3v) is 6.04. The number of aliphatic hydroxyl groups excluding tert-OH is 1. The number of Topliss-reactive ketones (excluding diaryl/α,β-unsaturated/α-hetero) is 1. The molecule has 1 aliphatic heterocycles. The molecule has 0 spiro atoms. The molecule has 158 valence electrons. The lowest BCUT2D eigenvalue weighted by Crippen LogP contribution is -2.54. The first-order chi connectivity index (χ1) is 14.4. The van der Waals surface area contributed by atoms with Gasteiger partial charge in [-0.1, -0.05) is 12.1 Å². The van der Waals surface area contributed by atoms with Gasteiger partial charge in [-0.3, -0.25) is 4.79 Å². The van der Waals surface area contributed by atoms with Gasteiger partial charge in [0.05, 0.1) is 18.2 Å². The minimum absolute atomic E-state index is 0.0131. The molecule has 0 radical (unpaired) electrons. The number of hydrogen-bond donors (Lipinski definition) is 4. The second-order valence-electron chi connectivity index (χ2n) is 8.00. The van der Waals surface area contributed by atoms with Crippen LogP contribution >= 0.6 is 0 Å². The lowest BCUT2D eigenvalue weighted by molar-refractivity contribution is -0.118. The molecule has 2 aromatic carbocycles. The number of ketones is 1. The van der Waals surface area contributed by atoms with E-state index >= 15 is 0 Å². The summed E-state index contributed by atoms with van der Waals surface area (Å²) in [4.78, 5) is 13.6. The lowest BCUT2D eigenvalue weighted by atomic mass is 9.72. The molecule has 4 rings (SSSR count). The predicted octanol–water partition coefficient (Wildman–Crippen LogP) is 2.61. The summed E-state index contributed by atoms with van der Waals surface area (Å²) in [6.45, 7) is -0.202. The largest absolute Gasteiger partial charge is 0.508 e. The van der Waals surface area contributed by atoms with Crippen molar-refractivity contribution in [3.05, 3.63) is 70.8 Å². The SMILES string of the molecule is N[C@H](C(=O)C1=C(c2cc(F)ccc2F)CCNC1(CO)c1cccc(O)c1)C1CC1. The predicted molar refractivity (Wildman–Crippen MR) is 108 cm³/mol. The molecule has 0 bridgehead atoms. The number of nitrogens with two attached hydrogens (primary N) is 1. The molecule has 7 heteroatoms. The van der Waals surface area contributed by atoms with Gasteiger partial charge in [0.15, 0.2) is 5.78 Å². The number of aromatic hydroxyl groups is 1. The van der Waals surface area contributed by atoms with Gasteiger partial charge in [-0.25, -0.2) is 8.78 Å². The van der Waals surface area contributed by atoms with E-state index in [9.17, 15) is 23.8 Å². The molecule has 1 saturated carbocycles. The first-order valence-electron chi connectivity index (χ1n) is 10.0. The van der Waals surface area contributed by atoms with Crippen molar-refractivity contribution >= 4 is 11.4 Å². The Kier molecular flexibility index (Phi) is 5.44. The molecule has 2 atom stereocenters. The first-order valence-corrected chi connectivity index (χ1v) is 10.0. The van der Waals surface area contributed by atoms with Crippen LogP contribution in [-0.4, -0.2) is 35.2 Å². The average Bonchev–Trinajstić information content (AvgIpc) is 3.59. The number of phenols is 1. The molecule has 1 heterocycles. The van der Waals surface area contributed by atoms with E-state index < -0.39 is 35.6 Å². The van der Waals surface area contributed by atoms with E-state index in [-0.39, 0.29) is 29.2 Å². The second-order valence-corrected chi connectivity index (χ2v) is 8.00. The normalized spacial score (nSPS) is 22.8. The van der Waals surface area contributed by atoms with E-state index in [1.807, 2.05) is 0 Å². The van der Waals surface area contributed by atoms with Gasteiger partial charge in [0, 0.05) is 17.7 Å². The fourth-order valence-electron chi connectivity index (χ4n) is 4.31. The van der Waals surface area contributed by atoms with Gasteiger partial charge in [-0.05, 0) is 66.6 Å². The second kappa shape index (κ2) is 7.91. The number of rotatable bonds is 6. The van der Waals surface area contributed by atoms with Crippen LogP contribution < -0.4 is 11.1 Å². The van der Waals surface area contributed by atoms with Crippen molar-refractivity contribution in [3.63, 3.8) is 0 Å². The molecule has 2 aromatic rings. The van der Waals surface area contributed by atoms with Crippen LogP contribution in [0.4, 0.5) is 8.78 Å². The van der Waals surface area contributed by atoms with Crippen LogP contribution in [0.2, 0.25) is 0 Å². The van der Waals surface area contributed by atoms with Crippen LogP contribution in [0.1, 0.15) is 30.4 Å². The molecule has 30 heavy (non-hydrogen) atoms. The fourth-order valence-corrected chi connectivity index (χ4v) is 4.31. The molecule has 0 saturated heterocycles. The van der Waals surface area contributed by atoms with E-state index in [0.717, 1.165) is 31.0 Å². The maximum absolute atomic E-state index is 14.7. The van der Waals surface area contributed by atoms with Crippen LogP contribution in [0.25, 0.3) is 5.57 Å². The Hall–Kier alpha value is -2.61. The van der Waals surface area contributed by atoms with Gasteiger partial charge in [0.25, 0.3) is 0 Å². The average molecular weight is 414 g/mol. The van der Waals surface area contributed by atoms with Gasteiger partial charge in [-0.15, -0.1) is 0 Å². The monoisotopic (exact) mass is 414 g/mol. The summed E-state index contributed by atoms with van der Waals surface area (Å²) >= 11 is 0. The van der Waals surface area contributed by atoms with E-state index in [0.29, 0.717) is 17.7 Å². The summed E-state index contributed by atoms with van der Waals surface area (Å²) in [5, 5.41) is 23.7. The molecule has 5 nitrogen and oxygen atoms in total. The highest BCUT2D eigenvalue weighted by Crippen LogP contribution is 2.43. The van der Waals surface area contributed by atoms with Gasteiger partial charge < -0.3 is 21.3 Å². The maximum Gasteiger partial charge on any atom is 0.178 e. The summed E-state index contributed by atoms with van der Waals surface area (Å²) in [6, 6.07) is 8.51. The first kappa shape index (κ1) is 20.7. The number of nitrogens with one attached hydrogen (secondary N) is 1. The highest BCUT2D eigenvalue weighted by Gasteiger charge is 2.47. The van der Waals surface area contributed by atoms with Crippen molar-refractivity contribution in [2.45, 2.75) is 30.8 Å². The molecule has 0 aromatic heterocycles. The Balaban J connectivity index is 1.99. The van der Waals surface area contributed by atoms with Gasteiger partial charge in [0.1, 0.15) is 17.4 Å². The van der Waals surface area contributed by atoms with E-state index in [1.54, 1.807) is 12.1 Å². The van der Waals surface area contributed by atoms with Crippen molar-refractivity contribution < 1.29 is 23.8 Å². The van der Waals surface area contributed by atoms with Crippen molar-refractivity contribution in [2.24, 2.45) is 11.7 Å². The quantitative estimate of drug-likeness (QED) is 0.583. The minimum Gasteiger partial charge on any atom is -0.508 e. The van der Waals surface area contributed by atoms with Crippen molar-refractivity contribution in [1.29, 1.82) is 0 Å². The van der Waals surface area contributed by atoms with Crippen molar-refractivity contribution in [3.8, 4) is 5.75 Å². The Bertz CT molecular complexity index is 1020. The third-order valence-electron chi connectivity index (χ3n) is 6.04. The maximum atomic E-state index is 14.7. The van der Waals surface area contributed by atoms with Crippen molar-refractivity contribution in [1.82, 2.24) is 5.32 Å². The summed E-state index contributed by atoms with van der Waals surface area (Å²) in [6.07, 6.45) is 1.92. The number of carbonyl (C=O) groups excluding carboxylic acids is 1. The summed E-state index contributed by atoms with van der Waals surface area (Å²) in [5.41, 5.74) is 5.73. The van der Waals surface area contributed by atoms with E-state index in [4.69, 9.17) is 5.73 Å². The molecule has 2 aliphatic rings. The topological polar surface area (TPSA) is 95.6 Å². The summed E-state index contributed by atoms with van der Waals surface area (Å²) in [5.74, 6) is -1.68. The highest BCUT2D eigenvalue weighted by molar-refractivity contribution is 6.08. The Morgan fingerprint density at radius 3 is 2.67 bits per heavy atom. The zero-order valence-corrected chi connectivity index (χ0v) is 16.4. The van der Waals surface area contributed by atoms with Gasteiger partial charge in [-0.2, -0.15) is 0 Å². The number of halogens is 2. The smallest absolute Gasteiger partial charge is 0.178 e. The number of carbonyl (C=O) groups is 1. The van der Waals surface area contributed by atoms with Crippen LogP contribution in [0.15, 0.2) is 48.0 Å². The molecular weight excluding hydrogens is 390 g/mol. The zero-order valence-electron chi connectivity index (χ0n) is 16.4. The van der Waals surface area contributed by atoms with E-state index in [2.05, 4.69) is 5.32 Å². The van der Waals surface area contributed by atoms with Crippen LogP contribution in [-0.2, 0) is 10.3 Å². The summed E-state index contributed by atoms with van der Waals surface area (Å²) < 4.78 is 28.7. The molecule has 1 fully saturated rings. The summed E-state index contributed by atoms with van der Waals surface area (Å²) in [7, 11) is 0. The number of aliphatic hydroxyl groups is 1. The standard InChI is InChI=1S/C23H24F2N2O3/c24-15-6-7-19(25)18(11-15)17-8-9-27-23(12-28,14-2-1-3-16(29)10-14)20(17)22(30)21(26)13-4-5-13/h1-3,6-7,10-11,13,21,27-29H,4-5,8-9,12,26H2/t21-,23?/m0/s1. The molecule has 1 unspecified atom stereocenters. The Labute approximate surface area is 173 Å². The number of phenolic OH excluding ortho intramolecular Hbond substituents is 1. The van der Waals surface area contributed by atoms with Crippen LogP contribution in [0, 0.1) is 17.6 Å². The lowest BCUT2D eigenvalue weighted by Gasteiger charge is -2.41. The molecular formula is C23H24F2N2O3. The Morgan fingerprint density at radius 2 is 2.00 bits per heavy atom. The minimum atomic E-state index is -1.39.